The van der Waals surface area contributed by atoms with Gasteiger partial charge in [0.2, 0.25) is 11.8 Å². The number of hydrogen-bond donors (Lipinski definition) is 1. The molecule has 0 aliphatic carbocycles. The SMILES string of the molecule is CCN(C(=O)CN1CCN(CC(=O)NC(C)C)CC1)c1cccc2ccccc12. The number of anilines is 1. The van der Waals surface area contributed by atoms with Gasteiger partial charge in [0.05, 0.1) is 18.8 Å². The Balaban J connectivity index is 1.58. The van der Waals surface area contributed by atoms with Crippen LogP contribution in [0.1, 0.15) is 20.8 Å². The zero-order chi connectivity index (χ0) is 20.8. The Bertz CT molecular complexity index is 838. The molecule has 2 amide bonds. The molecule has 1 heterocycles. The van der Waals surface area contributed by atoms with Crippen molar-refractivity contribution in [2.45, 2.75) is 26.8 Å². The van der Waals surface area contributed by atoms with E-state index in [4.69, 9.17) is 0 Å². The van der Waals surface area contributed by atoms with E-state index in [1.54, 1.807) is 0 Å². The van der Waals surface area contributed by atoms with Crippen LogP contribution < -0.4 is 10.2 Å². The third kappa shape index (κ3) is 5.55. The standard InChI is InChI=1S/C23H32N4O2/c1-4-27(21-11-7-9-19-8-5-6-10-20(19)21)23(29)17-26-14-12-25(13-15-26)16-22(28)24-18(2)3/h5-11,18H,4,12-17H2,1-3H3,(H,24,28). The van der Waals surface area contributed by atoms with Crippen LogP contribution in [0.25, 0.3) is 10.8 Å². The summed E-state index contributed by atoms with van der Waals surface area (Å²) in [6.45, 7) is 10.6. The Morgan fingerprint density at radius 3 is 2.24 bits per heavy atom. The zero-order valence-corrected chi connectivity index (χ0v) is 17.7. The Hall–Kier alpha value is -2.44. The lowest BCUT2D eigenvalue weighted by Crippen LogP contribution is -2.52. The van der Waals surface area contributed by atoms with Crippen molar-refractivity contribution in [2.75, 3.05) is 50.7 Å². The molecule has 29 heavy (non-hydrogen) atoms. The number of hydrogen-bond acceptors (Lipinski definition) is 4. The number of amides is 2. The first kappa shape index (κ1) is 21.3. The van der Waals surface area contributed by atoms with E-state index in [0.29, 0.717) is 19.6 Å². The van der Waals surface area contributed by atoms with Gasteiger partial charge in [-0.15, -0.1) is 0 Å². The van der Waals surface area contributed by atoms with Crippen LogP contribution in [0.15, 0.2) is 42.5 Å². The number of fused-ring (bicyclic) bond motifs is 1. The number of piperazine rings is 1. The minimum absolute atomic E-state index is 0.0673. The van der Waals surface area contributed by atoms with Crippen LogP contribution >= 0.6 is 0 Å². The maximum atomic E-state index is 13.1. The van der Waals surface area contributed by atoms with Crippen molar-refractivity contribution >= 4 is 28.3 Å². The van der Waals surface area contributed by atoms with Crippen LogP contribution in [0.5, 0.6) is 0 Å². The Morgan fingerprint density at radius 1 is 0.966 bits per heavy atom. The summed E-state index contributed by atoms with van der Waals surface area (Å²) in [7, 11) is 0. The fourth-order valence-electron chi connectivity index (χ4n) is 3.88. The fraction of sp³-hybridized carbons (Fsp3) is 0.478. The number of benzene rings is 2. The molecule has 1 aliphatic rings. The summed E-state index contributed by atoms with van der Waals surface area (Å²) < 4.78 is 0. The van der Waals surface area contributed by atoms with Gasteiger partial charge in [-0.1, -0.05) is 36.4 Å². The third-order valence-corrected chi connectivity index (χ3v) is 5.32. The first-order valence-corrected chi connectivity index (χ1v) is 10.5. The molecule has 0 bridgehead atoms. The highest BCUT2D eigenvalue weighted by Gasteiger charge is 2.23. The smallest absolute Gasteiger partial charge is 0.241 e. The highest BCUT2D eigenvalue weighted by atomic mass is 16.2. The van der Waals surface area contributed by atoms with Crippen molar-refractivity contribution < 1.29 is 9.59 Å². The van der Waals surface area contributed by atoms with Crippen molar-refractivity contribution in [1.82, 2.24) is 15.1 Å². The van der Waals surface area contributed by atoms with Crippen molar-refractivity contribution in [3.05, 3.63) is 42.5 Å². The molecule has 1 N–H and O–H groups in total. The molecule has 1 fully saturated rings. The number of rotatable bonds is 7. The molecular weight excluding hydrogens is 364 g/mol. The molecule has 0 aromatic heterocycles. The number of carbonyl (C=O) groups excluding carboxylic acids is 2. The Morgan fingerprint density at radius 2 is 1.59 bits per heavy atom. The topological polar surface area (TPSA) is 55.9 Å². The highest BCUT2D eigenvalue weighted by molar-refractivity contribution is 6.04. The van der Waals surface area contributed by atoms with Gasteiger partial charge in [0.25, 0.3) is 0 Å². The first-order valence-electron chi connectivity index (χ1n) is 10.5. The Kier molecular flexibility index (Phi) is 7.23. The monoisotopic (exact) mass is 396 g/mol. The second-order valence-corrected chi connectivity index (χ2v) is 7.91. The van der Waals surface area contributed by atoms with Crippen LogP contribution in [0.4, 0.5) is 5.69 Å². The molecule has 0 radical (unpaired) electrons. The van der Waals surface area contributed by atoms with Gasteiger partial charge in [0.15, 0.2) is 0 Å². The maximum Gasteiger partial charge on any atom is 0.241 e. The van der Waals surface area contributed by atoms with Gasteiger partial charge < -0.3 is 10.2 Å². The van der Waals surface area contributed by atoms with Crippen molar-refractivity contribution in [3.8, 4) is 0 Å². The van der Waals surface area contributed by atoms with E-state index in [1.165, 1.54) is 0 Å². The summed E-state index contributed by atoms with van der Waals surface area (Å²) in [5.74, 6) is 0.187. The molecule has 1 aliphatic heterocycles. The van der Waals surface area contributed by atoms with Gasteiger partial charge in [-0.3, -0.25) is 19.4 Å². The van der Waals surface area contributed by atoms with Crippen LogP contribution in [0.2, 0.25) is 0 Å². The summed E-state index contributed by atoms with van der Waals surface area (Å²) >= 11 is 0. The molecular formula is C23H32N4O2. The second kappa shape index (κ2) is 9.85. The quantitative estimate of drug-likeness (QED) is 0.781. The largest absolute Gasteiger partial charge is 0.353 e. The molecule has 6 heteroatoms. The highest BCUT2D eigenvalue weighted by Crippen LogP contribution is 2.26. The van der Waals surface area contributed by atoms with Crippen molar-refractivity contribution in [3.63, 3.8) is 0 Å². The molecule has 1 saturated heterocycles. The van der Waals surface area contributed by atoms with Crippen LogP contribution in [-0.4, -0.2) is 73.5 Å². The van der Waals surface area contributed by atoms with Crippen molar-refractivity contribution in [2.24, 2.45) is 0 Å². The predicted octanol–water partition coefficient (Wildman–Crippen LogP) is 2.33. The number of carbonyl (C=O) groups is 2. The molecule has 0 unspecified atom stereocenters. The number of nitrogens with one attached hydrogen (secondary N) is 1. The van der Waals surface area contributed by atoms with Gasteiger partial charge >= 0.3 is 0 Å². The molecule has 0 atom stereocenters. The first-order chi connectivity index (χ1) is 14.0. The summed E-state index contributed by atoms with van der Waals surface area (Å²) in [5.41, 5.74) is 0.972. The minimum atomic E-state index is 0.0673. The second-order valence-electron chi connectivity index (χ2n) is 7.91. The minimum Gasteiger partial charge on any atom is -0.353 e. The summed E-state index contributed by atoms with van der Waals surface area (Å²) in [6, 6.07) is 14.4. The van der Waals surface area contributed by atoms with Crippen LogP contribution in [0.3, 0.4) is 0 Å². The number of nitrogens with zero attached hydrogens (tertiary/aromatic N) is 3. The summed E-state index contributed by atoms with van der Waals surface area (Å²) in [5, 5.41) is 5.18. The summed E-state index contributed by atoms with van der Waals surface area (Å²) in [4.78, 5) is 31.2. The molecule has 3 rings (SSSR count). The van der Waals surface area contributed by atoms with Gasteiger partial charge in [-0.25, -0.2) is 0 Å². The molecule has 156 valence electrons. The fourth-order valence-corrected chi connectivity index (χ4v) is 3.88. The van der Waals surface area contributed by atoms with E-state index < -0.39 is 0 Å². The van der Waals surface area contributed by atoms with E-state index in [0.717, 1.165) is 42.6 Å². The van der Waals surface area contributed by atoms with Gasteiger partial charge in [-0.05, 0) is 32.2 Å². The molecule has 6 nitrogen and oxygen atoms in total. The number of likely N-dealkylation sites (N-methyl/N-ethyl adjacent to an activating group) is 1. The normalized spacial score (nSPS) is 15.6. The molecule has 0 saturated carbocycles. The van der Waals surface area contributed by atoms with E-state index in [9.17, 15) is 9.59 Å². The van der Waals surface area contributed by atoms with E-state index in [2.05, 4.69) is 33.3 Å². The van der Waals surface area contributed by atoms with E-state index in [-0.39, 0.29) is 17.9 Å². The predicted molar refractivity (Wildman–Crippen MR) is 118 cm³/mol. The van der Waals surface area contributed by atoms with Crippen LogP contribution in [-0.2, 0) is 9.59 Å². The van der Waals surface area contributed by atoms with Crippen LogP contribution in [0, 0.1) is 0 Å². The average molecular weight is 397 g/mol. The van der Waals surface area contributed by atoms with Crippen molar-refractivity contribution in [1.29, 1.82) is 0 Å². The van der Waals surface area contributed by atoms with E-state index >= 15 is 0 Å². The lowest BCUT2D eigenvalue weighted by Gasteiger charge is -2.35. The lowest BCUT2D eigenvalue weighted by molar-refractivity contribution is -0.124. The third-order valence-electron chi connectivity index (χ3n) is 5.32. The lowest BCUT2D eigenvalue weighted by atomic mass is 10.1. The molecule has 2 aromatic carbocycles. The average Bonchev–Trinajstić information content (AvgIpc) is 2.69. The Labute approximate surface area is 173 Å². The summed E-state index contributed by atoms with van der Waals surface area (Å²) in [6.07, 6.45) is 0. The van der Waals surface area contributed by atoms with Gasteiger partial charge in [0.1, 0.15) is 0 Å². The molecule has 0 spiro atoms. The van der Waals surface area contributed by atoms with Gasteiger partial charge in [-0.2, -0.15) is 0 Å². The maximum absolute atomic E-state index is 13.1. The molecule has 2 aromatic rings. The van der Waals surface area contributed by atoms with E-state index in [1.807, 2.05) is 49.9 Å². The zero-order valence-electron chi connectivity index (χ0n) is 17.7. The van der Waals surface area contributed by atoms with Gasteiger partial charge in [0, 0.05) is 44.2 Å².